The number of benzene rings is 1. The Hall–Kier alpha value is -1.59. The molecule has 2 atom stereocenters. The summed E-state index contributed by atoms with van der Waals surface area (Å²) >= 11 is 0. The Morgan fingerprint density at radius 2 is 1.96 bits per heavy atom. The zero-order valence-electron chi connectivity index (χ0n) is 15.7. The summed E-state index contributed by atoms with van der Waals surface area (Å²) in [6.07, 6.45) is 3.36. The highest BCUT2D eigenvalue weighted by Gasteiger charge is 2.29. The molecule has 0 aromatic heterocycles. The number of carbonyl (C=O) groups is 1. The van der Waals surface area contributed by atoms with Crippen molar-refractivity contribution in [1.29, 1.82) is 0 Å². The molecule has 1 N–H and O–H groups in total. The second kappa shape index (κ2) is 8.68. The number of piperidine rings is 1. The summed E-state index contributed by atoms with van der Waals surface area (Å²) in [5, 5.41) is 3.28. The first-order chi connectivity index (χ1) is 12.1. The standard InChI is InChI=1S/C20H32N4O/c1-22(2)13-18-10-12-24(15-18)20(25)21-19-9-6-11-23(16-19)14-17-7-4-3-5-8-17/h3-5,7-8,18-19H,6,9-16H2,1-2H3,(H,21,25)/t18-,19+/m1/s1. The fourth-order valence-electron chi connectivity index (χ4n) is 4.11. The van der Waals surface area contributed by atoms with Crippen LogP contribution in [-0.4, -0.2) is 73.6 Å². The van der Waals surface area contributed by atoms with Crippen LogP contribution in [-0.2, 0) is 6.54 Å². The number of nitrogens with zero attached hydrogens (tertiary/aromatic N) is 3. The average Bonchev–Trinajstić information content (AvgIpc) is 3.04. The smallest absolute Gasteiger partial charge is 0.317 e. The maximum Gasteiger partial charge on any atom is 0.317 e. The highest BCUT2D eigenvalue weighted by Crippen LogP contribution is 2.18. The van der Waals surface area contributed by atoms with Crippen molar-refractivity contribution in [1.82, 2.24) is 20.0 Å². The van der Waals surface area contributed by atoms with Crippen LogP contribution in [0.5, 0.6) is 0 Å². The molecule has 5 nitrogen and oxygen atoms in total. The van der Waals surface area contributed by atoms with Crippen LogP contribution >= 0.6 is 0 Å². The minimum absolute atomic E-state index is 0.132. The first kappa shape index (κ1) is 18.2. The van der Waals surface area contributed by atoms with E-state index in [1.807, 2.05) is 4.90 Å². The lowest BCUT2D eigenvalue weighted by molar-refractivity contribution is 0.167. The van der Waals surface area contributed by atoms with E-state index in [0.29, 0.717) is 5.92 Å². The van der Waals surface area contributed by atoms with Gasteiger partial charge in [-0.05, 0) is 51.4 Å². The summed E-state index contributed by atoms with van der Waals surface area (Å²) in [6.45, 7) is 5.90. The molecule has 2 saturated heterocycles. The van der Waals surface area contributed by atoms with Gasteiger partial charge in [-0.25, -0.2) is 4.79 Å². The molecule has 1 aromatic rings. The molecule has 2 aliphatic rings. The van der Waals surface area contributed by atoms with Crippen molar-refractivity contribution >= 4 is 6.03 Å². The van der Waals surface area contributed by atoms with Crippen molar-refractivity contribution in [2.24, 2.45) is 5.92 Å². The number of hydrogen-bond donors (Lipinski definition) is 1. The van der Waals surface area contributed by atoms with Crippen LogP contribution in [0.1, 0.15) is 24.8 Å². The number of hydrogen-bond acceptors (Lipinski definition) is 3. The van der Waals surface area contributed by atoms with E-state index in [1.54, 1.807) is 0 Å². The van der Waals surface area contributed by atoms with Gasteiger partial charge in [0.05, 0.1) is 0 Å². The highest BCUT2D eigenvalue weighted by molar-refractivity contribution is 5.74. The van der Waals surface area contributed by atoms with Crippen LogP contribution in [0.2, 0.25) is 0 Å². The second-order valence-electron chi connectivity index (χ2n) is 7.87. The summed E-state index contributed by atoms with van der Waals surface area (Å²) < 4.78 is 0. The van der Waals surface area contributed by atoms with Gasteiger partial charge in [0.1, 0.15) is 0 Å². The quantitative estimate of drug-likeness (QED) is 0.890. The first-order valence-corrected chi connectivity index (χ1v) is 9.56. The number of urea groups is 1. The molecular weight excluding hydrogens is 312 g/mol. The van der Waals surface area contributed by atoms with Crippen molar-refractivity contribution in [3.05, 3.63) is 35.9 Å². The van der Waals surface area contributed by atoms with Gasteiger partial charge in [-0.3, -0.25) is 4.90 Å². The lowest BCUT2D eigenvalue weighted by atomic mass is 10.0. The van der Waals surface area contributed by atoms with Crippen LogP contribution in [0.25, 0.3) is 0 Å². The minimum Gasteiger partial charge on any atom is -0.334 e. The lowest BCUT2D eigenvalue weighted by Gasteiger charge is -2.34. The lowest BCUT2D eigenvalue weighted by Crippen LogP contribution is -2.51. The van der Waals surface area contributed by atoms with Crippen LogP contribution in [0.15, 0.2) is 30.3 Å². The zero-order valence-corrected chi connectivity index (χ0v) is 15.7. The zero-order chi connectivity index (χ0) is 17.6. The van der Waals surface area contributed by atoms with Crippen LogP contribution in [0, 0.1) is 5.92 Å². The molecule has 2 heterocycles. The third-order valence-electron chi connectivity index (χ3n) is 5.28. The normalized spacial score (nSPS) is 24.7. The molecule has 1 aromatic carbocycles. The second-order valence-corrected chi connectivity index (χ2v) is 7.87. The molecule has 5 heteroatoms. The van der Waals surface area contributed by atoms with E-state index in [1.165, 1.54) is 5.56 Å². The maximum absolute atomic E-state index is 12.6. The summed E-state index contributed by atoms with van der Waals surface area (Å²) in [4.78, 5) is 19.3. The predicted octanol–water partition coefficient (Wildman–Crippen LogP) is 2.24. The Labute approximate surface area is 152 Å². The molecule has 0 aliphatic carbocycles. The molecule has 0 bridgehead atoms. The Balaban J connectivity index is 1.45. The molecule has 3 rings (SSSR count). The predicted molar refractivity (Wildman–Crippen MR) is 102 cm³/mol. The van der Waals surface area contributed by atoms with E-state index in [2.05, 4.69) is 59.5 Å². The van der Waals surface area contributed by atoms with Gasteiger partial charge < -0.3 is 15.1 Å². The van der Waals surface area contributed by atoms with Crippen molar-refractivity contribution in [2.75, 3.05) is 46.8 Å². The maximum atomic E-state index is 12.6. The third-order valence-corrected chi connectivity index (χ3v) is 5.28. The summed E-state index contributed by atoms with van der Waals surface area (Å²) in [5.74, 6) is 0.613. The van der Waals surface area contributed by atoms with Gasteiger partial charge in [-0.2, -0.15) is 0 Å². The molecule has 0 unspecified atom stereocenters. The SMILES string of the molecule is CN(C)C[C@H]1CCN(C(=O)N[C@H]2CCCN(Cc3ccccc3)C2)C1. The Morgan fingerprint density at radius 1 is 1.16 bits per heavy atom. The molecule has 2 fully saturated rings. The Bertz CT molecular complexity index is 548. The number of nitrogens with one attached hydrogen (secondary N) is 1. The number of amides is 2. The fourth-order valence-corrected chi connectivity index (χ4v) is 4.11. The van der Waals surface area contributed by atoms with Crippen LogP contribution in [0.3, 0.4) is 0 Å². The van der Waals surface area contributed by atoms with Crippen LogP contribution < -0.4 is 5.32 Å². The monoisotopic (exact) mass is 344 g/mol. The summed E-state index contributed by atoms with van der Waals surface area (Å²) in [6, 6.07) is 11.0. The molecule has 138 valence electrons. The van der Waals surface area contributed by atoms with Crippen molar-refractivity contribution in [2.45, 2.75) is 31.8 Å². The van der Waals surface area contributed by atoms with Crippen LogP contribution in [0.4, 0.5) is 4.79 Å². The topological polar surface area (TPSA) is 38.8 Å². The molecule has 2 amide bonds. The van der Waals surface area contributed by atoms with E-state index in [-0.39, 0.29) is 12.1 Å². The Kier molecular flexibility index (Phi) is 6.32. The van der Waals surface area contributed by atoms with E-state index < -0.39 is 0 Å². The van der Waals surface area contributed by atoms with Gasteiger partial charge in [0.15, 0.2) is 0 Å². The highest BCUT2D eigenvalue weighted by atomic mass is 16.2. The van der Waals surface area contributed by atoms with Gasteiger partial charge >= 0.3 is 6.03 Å². The molecular formula is C20H32N4O. The van der Waals surface area contributed by atoms with Crippen molar-refractivity contribution in [3.8, 4) is 0 Å². The molecule has 25 heavy (non-hydrogen) atoms. The van der Waals surface area contributed by atoms with Gasteiger partial charge in [-0.15, -0.1) is 0 Å². The summed E-state index contributed by atoms with van der Waals surface area (Å²) in [5.41, 5.74) is 1.35. The Morgan fingerprint density at radius 3 is 2.72 bits per heavy atom. The number of likely N-dealkylation sites (tertiary alicyclic amines) is 2. The van der Waals surface area contributed by atoms with E-state index in [0.717, 1.165) is 58.5 Å². The van der Waals surface area contributed by atoms with Gasteiger partial charge in [0, 0.05) is 38.8 Å². The van der Waals surface area contributed by atoms with Crippen molar-refractivity contribution in [3.63, 3.8) is 0 Å². The van der Waals surface area contributed by atoms with Gasteiger partial charge in [0.25, 0.3) is 0 Å². The first-order valence-electron chi connectivity index (χ1n) is 9.56. The fraction of sp³-hybridized carbons (Fsp3) is 0.650. The molecule has 0 radical (unpaired) electrons. The third kappa shape index (κ3) is 5.44. The molecule has 2 aliphatic heterocycles. The summed E-state index contributed by atoms with van der Waals surface area (Å²) in [7, 11) is 4.21. The van der Waals surface area contributed by atoms with Gasteiger partial charge in [-0.1, -0.05) is 30.3 Å². The van der Waals surface area contributed by atoms with E-state index in [9.17, 15) is 4.79 Å². The molecule has 0 spiro atoms. The largest absolute Gasteiger partial charge is 0.334 e. The van der Waals surface area contributed by atoms with Crippen molar-refractivity contribution < 1.29 is 4.79 Å². The number of carbonyl (C=O) groups excluding carboxylic acids is 1. The minimum atomic E-state index is 0.132. The number of rotatable bonds is 5. The average molecular weight is 345 g/mol. The van der Waals surface area contributed by atoms with Gasteiger partial charge in [0.2, 0.25) is 0 Å². The molecule has 0 saturated carbocycles. The van der Waals surface area contributed by atoms with E-state index in [4.69, 9.17) is 0 Å². The van der Waals surface area contributed by atoms with E-state index >= 15 is 0 Å².